The van der Waals surface area contributed by atoms with Gasteiger partial charge in [0.2, 0.25) is 0 Å². The first-order chi connectivity index (χ1) is 13.5. The summed E-state index contributed by atoms with van der Waals surface area (Å²) in [5.41, 5.74) is -0.601. The van der Waals surface area contributed by atoms with Crippen LogP contribution in [0.5, 0.6) is 11.5 Å². The zero-order valence-corrected chi connectivity index (χ0v) is 18.1. The summed E-state index contributed by atoms with van der Waals surface area (Å²) in [6.07, 6.45) is 0. The minimum atomic E-state index is -5.11. The Morgan fingerprint density at radius 2 is 1.31 bits per heavy atom. The highest BCUT2D eigenvalue weighted by atomic mass is 35.5. The molecule has 0 saturated heterocycles. The van der Waals surface area contributed by atoms with Gasteiger partial charge >= 0.3 is 0 Å². The molecule has 10 heteroatoms. The van der Waals surface area contributed by atoms with E-state index < -0.39 is 47.0 Å². The Kier molecular flexibility index (Phi) is 5.98. The third kappa shape index (κ3) is 3.44. The van der Waals surface area contributed by atoms with E-state index in [-0.39, 0.29) is 16.1 Å². The summed E-state index contributed by atoms with van der Waals surface area (Å²) in [7, 11) is -5.11. The number of phenolic OH excluding ortho intramolecular Hbond substituents is 2. The number of phenols is 2. The van der Waals surface area contributed by atoms with Crippen molar-refractivity contribution in [2.24, 2.45) is 0 Å². The first kappa shape index (κ1) is 22.0. The molecule has 152 valence electrons. The molecule has 0 aliphatic rings. The Hall–Kier alpha value is -1.67. The molecule has 5 nitrogen and oxygen atoms in total. The van der Waals surface area contributed by atoms with Gasteiger partial charge in [0.05, 0.1) is 15.6 Å². The van der Waals surface area contributed by atoms with Crippen molar-refractivity contribution in [1.29, 1.82) is 0 Å². The largest absolute Gasteiger partial charge is 0.504 e. The molecule has 3 N–H and O–H groups in total. The lowest BCUT2D eigenvalue weighted by atomic mass is 9.83. The second-order valence-corrected chi connectivity index (χ2v) is 9.18. The molecule has 3 rings (SSSR count). The van der Waals surface area contributed by atoms with Gasteiger partial charge in [0.25, 0.3) is 10.1 Å². The molecular formula is C19H12Cl4O5S. The highest BCUT2D eigenvalue weighted by Crippen LogP contribution is 2.56. The van der Waals surface area contributed by atoms with E-state index >= 15 is 0 Å². The van der Waals surface area contributed by atoms with Crippen LogP contribution in [-0.4, -0.2) is 23.2 Å². The summed E-state index contributed by atoms with van der Waals surface area (Å²) in [4.78, 5) is 0. The van der Waals surface area contributed by atoms with Crippen LogP contribution in [0.1, 0.15) is 16.7 Å². The average molecular weight is 494 g/mol. The molecule has 0 bridgehead atoms. The molecule has 1 atom stereocenters. The van der Waals surface area contributed by atoms with Crippen LogP contribution in [0, 0.1) is 0 Å². The van der Waals surface area contributed by atoms with Gasteiger partial charge in [-0.05, 0) is 23.3 Å². The number of aromatic hydroxyl groups is 2. The van der Waals surface area contributed by atoms with Crippen LogP contribution in [0.4, 0.5) is 0 Å². The molecule has 29 heavy (non-hydrogen) atoms. The van der Waals surface area contributed by atoms with Crippen LogP contribution in [-0.2, 0) is 14.9 Å². The molecule has 0 fully saturated rings. The lowest BCUT2D eigenvalue weighted by molar-refractivity contribution is 0.394. The number of hydrogen-bond acceptors (Lipinski definition) is 4. The third-order valence-electron chi connectivity index (χ3n) is 4.42. The van der Waals surface area contributed by atoms with Crippen molar-refractivity contribution in [3.05, 3.63) is 91.4 Å². The number of benzene rings is 3. The van der Waals surface area contributed by atoms with Crippen molar-refractivity contribution in [2.45, 2.75) is 4.75 Å². The van der Waals surface area contributed by atoms with Gasteiger partial charge in [0, 0.05) is 5.02 Å². The minimum Gasteiger partial charge on any atom is -0.504 e. The van der Waals surface area contributed by atoms with Crippen LogP contribution in [0.2, 0.25) is 20.1 Å². The molecular weight excluding hydrogens is 482 g/mol. The Morgan fingerprint density at radius 3 is 1.86 bits per heavy atom. The van der Waals surface area contributed by atoms with Gasteiger partial charge in [0.1, 0.15) is 5.02 Å². The smallest absolute Gasteiger partial charge is 0.283 e. The zero-order valence-electron chi connectivity index (χ0n) is 14.3. The molecule has 3 aromatic rings. The normalized spacial score (nSPS) is 13.8. The van der Waals surface area contributed by atoms with Crippen molar-refractivity contribution in [2.75, 3.05) is 0 Å². The summed E-state index contributed by atoms with van der Waals surface area (Å²) >= 11 is 24.4. The van der Waals surface area contributed by atoms with E-state index in [1.807, 2.05) is 0 Å². The zero-order chi connectivity index (χ0) is 21.6. The van der Waals surface area contributed by atoms with Gasteiger partial charge in [-0.2, -0.15) is 8.42 Å². The quantitative estimate of drug-likeness (QED) is 0.182. The van der Waals surface area contributed by atoms with Crippen LogP contribution >= 0.6 is 46.4 Å². The van der Waals surface area contributed by atoms with E-state index in [1.165, 1.54) is 48.5 Å². The third-order valence-corrected chi connectivity index (χ3v) is 7.43. The molecule has 0 aromatic heterocycles. The molecule has 0 amide bonds. The molecule has 0 aliphatic heterocycles. The van der Waals surface area contributed by atoms with Gasteiger partial charge in [-0.25, -0.2) is 0 Å². The predicted octanol–water partition coefficient (Wildman–Crippen LogP) is 5.89. The standard InChI is InChI=1S/C19H12Cl4O5S/c20-12-8-4-7-11(9-12)19(29(26,27)28,10-5-2-1-3-6-10)13-14(21)15(22)16(23)18(25)17(13)24/h1-9,24-25H,(H,26,27,28). The average Bonchev–Trinajstić information content (AvgIpc) is 2.68. The molecule has 3 aromatic carbocycles. The van der Waals surface area contributed by atoms with E-state index in [9.17, 15) is 23.2 Å². The maximum Gasteiger partial charge on any atom is 0.283 e. The minimum absolute atomic E-state index is 0.0137. The predicted molar refractivity (Wildman–Crippen MR) is 114 cm³/mol. The monoisotopic (exact) mass is 492 g/mol. The van der Waals surface area contributed by atoms with Crippen molar-refractivity contribution in [3.8, 4) is 11.5 Å². The van der Waals surface area contributed by atoms with Gasteiger partial charge < -0.3 is 10.2 Å². The van der Waals surface area contributed by atoms with Gasteiger partial charge in [-0.1, -0.05) is 88.9 Å². The number of rotatable bonds is 4. The van der Waals surface area contributed by atoms with Crippen LogP contribution in [0.3, 0.4) is 0 Å². The van der Waals surface area contributed by atoms with E-state index in [1.54, 1.807) is 6.07 Å². The highest BCUT2D eigenvalue weighted by molar-refractivity contribution is 7.87. The maximum atomic E-state index is 13.0. The van der Waals surface area contributed by atoms with E-state index in [4.69, 9.17) is 46.4 Å². The van der Waals surface area contributed by atoms with Crippen LogP contribution in [0.25, 0.3) is 0 Å². The van der Waals surface area contributed by atoms with Crippen molar-refractivity contribution >= 4 is 56.5 Å². The van der Waals surface area contributed by atoms with E-state index in [0.717, 1.165) is 0 Å². The molecule has 0 aliphatic carbocycles. The van der Waals surface area contributed by atoms with Crippen LogP contribution < -0.4 is 0 Å². The number of halogens is 4. The van der Waals surface area contributed by atoms with E-state index in [0.29, 0.717) is 0 Å². The summed E-state index contributed by atoms with van der Waals surface area (Å²) in [6, 6.07) is 13.1. The fourth-order valence-corrected chi connectivity index (χ4v) is 5.52. The Bertz CT molecular complexity index is 1170. The van der Waals surface area contributed by atoms with E-state index in [2.05, 4.69) is 0 Å². The molecule has 0 saturated carbocycles. The first-order valence-electron chi connectivity index (χ1n) is 7.91. The number of hydrogen-bond donors (Lipinski definition) is 3. The second kappa shape index (κ2) is 7.87. The van der Waals surface area contributed by atoms with Crippen molar-refractivity contribution in [1.82, 2.24) is 0 Å². The lowest BCUT2D eigenvalue weighted by Crippen LogP contribution is -2.38. The summed E-state index contributed by atoms with van der Waals surface area (Å²) in [6.45, 7) is 0. The Labute approximate surface area is 186 Å². The maximum absolute atomic E-state index is 13.0. The van der Waals surface area contributed by atoms with Gasteiger partial charge in [-0.15, -0.1) is 0 Å². The lowest BCUT2D eigenvalue weighted by Gasteiger charge is -2.34. The second-order valence-electron chi connectivity index (χ2n) is 6.05. The summed E-state index contributed by atoms with van der Waals surface area (Å²) in [5.74, 6) is -1.84. The molecule has 0 heterocycles. The Balaban J connectivity index is 2.66. The fraction of sp³-hybridized carbons (Fsp3) is 0.0526. The molecule has 0 spiro atoms. The molecule has 1 unspecified atom stereocenters. The van der Waals surface area contributed by atoms with Crippen molar-refractivity contribution < 1.29 is 23.2 Å². The fourth-order valence-electron chi connectivity index (χ4n) is 3.22. The summed E-state index contributed by atoms with van der Waals surface area (Å²) in [5, 5.41) is 19.8. The first-order valence-corrected chi connectivity index (χ1v) is 10.9. The van der Waals surface area contributed by atoms with Crippen molar-refractivity contribution in [3.63, 3.8) is 0 Å². The van der Waals surface area contributed by atoms with Gasteiger partial charge in [-0.3, -0.25) is 4.55 Å². The van der Waals surface area contributed by atoms with Gasteiger partial charge in [0.15, 0.2) is 16.2 Å². The topological polar surface area (TPSA) is 94.8 Å². The molecule has 0 radical (unpaired) electrons. The summed E-state index contributed by atoms with van der Waals surface area (Å²) < 4.78 is 33.9. The highest BCUT2D eigenvalue weighted by Gasteiger charge is 2.52. The SMILES string of the molecule is O=S(=O)(O)C(c1ccccc1)(c1cccc(Cl)c1)c1c(O)c(O)c(Cl)c(Cl)c1Cl. The van der Waals surface area contributed by atoms with Crippen LogP contribution in [0.15, 0.2) is 54.6 Å². The Morgan fingerprint density at radius 1 is 0.724 bits per heavy atom.